The molecule has 2 fully saturated rings. The van der Waals surface area contributed by atoms with Gasteiger partial charge >= 0.3 is 5.97 Å². The van der Waals surface area contributed by atoms with Crippen molar-refractivity contribution in [2.24, 2.45) is 23.5 Å². The molecule has 3 N–H and O–H groups in total. The molecule has 4 heteroatoms. The third-order valence-electron chi connectivity index (χ3n) is 3.87. The van der Waals surface area contributed by atoms with E-state index < -0.39 is 5.97 Å². The topological polar surface area (TPSA) is 80.4 Å². The van der Waals surface area contributed by atoms with E-state index in [-0.39, 0.29) is 29.6 Å². The largest absolute Gasteiger partial charge is 0.481 e. The number of rotatable bonds is 2. The van der Waals surface area contributed by atoms with Gasteiger partial charge in [0, 0.05) is 18.4 Å². The summed E-state index contributed by atoms with van der Waals surface area (Å²) < 4.78 is 0. The molecule has 4 atom stereocenters. The fraction of sp³-hybridized carbons (Fsp3) is 0.467. The number of ketones is 1. The van der Waals surface area contributed by atoms with Crippen molar-refractivity contribution in [3.8, 4) is 0 Å². The maximum atomic E-state index is 10.9. The Bertz CT molecular complexity index is 466. The van der Waals surface area contributed by atoms with Crippen LogP contribution in [-0.2, 0) is 9.59 Å². The lowest BCUT2D eigenvalue weighted by molar-refractivity contribution is -0.140. The van der Waals surface area contributed by atoms with Gasteiger partial charge in [-0.3, -0.25) is 9.59 Å². The van der Waals surface area contributed by atoms with Gasteiger partial charge in [0.25, 0.3) is 0 Å². The summed E-state index contributed by atoms with van der Waals surface area (Å²) in [6, 6.07) is 10.2. The molecule has 1 aromatic rings. The predicted molar refractivity (Wildman–Crippen MR) is 71.4 cm³/mol. The van der Waals surface area contributed by atoms with Crippen molar-refractivity contribution in [2.75, 3.05) is 0 Å². The highest BCUT2D eigenvalue weighted by molar-refractivity contribution is 5.94. The number of Topliss-reactive ketones (excluding diaryl/α,β-unsaturated/α-hetero) is 1. The molecule has 3 rings (SSSR count). The van der Waals surface area contributed by atoms with Crippen molar-refractivity contribution in [3.63, 3.8) is 0 Å². The maximum Gasteiger partial charge on any atom is 0.307 e. The lowest BCUT2D eigenvalue weighted by Crippen LogP contribution is -2.07. The number of benzene rings is 1. The van der Waals surface area contributed by atoms with Crippen LogP contribution in [-0.4, -0.2) is 16.9 Å². The molecule has 19 heavy (non-hydrogen) atoms. The summed E-state index contributed by atoms with van der Waals surface area (Å²) >= 11 is 0. The fourth-order valence-corrected chi connectivity index (χ4v) is 2.74. The molecule has 2 aliphatic rings. The van der Waals surface area contributed by atoms with E-state index >= 15 is 0 Å². The zero-order chi connectivity index (χ0) is 14.0. The Labute approximate surface area is 112 Å². The Morgan fingerprint density at radius 3 is 2.32 bits per heavy atom. The number of hydrogen-bond donors (Lipinski definition) is 2. The van der Waals surface area contributed by atoms with Crippen LogP contribution in [0.2, 0.25) is 0 Å². The lowest BCUT2D eigenvalue weighted by Gasteiger charge is -2.02. The van der Waals surface area contributed by atoms with E-state index in [9.17, 15) is 9.59 Å². The van der Waals surface area contributed by atoms with Gasteiger partial charge in [0.1, 0.15) is 5.78 Å². The molecule has 0 unspecified atom stereocenters. The standard InChI is InChI=1S/C8H11N.C7H8O3/c1-7(9)8-5-3-2-4-6-8;8-4-2-1-3-5(4)6(3)7(9)10/h2-7H,9H2,1H3;3,5-6H,1-2H2,(H,9,10)/t7-;3-,5-,6+/m01/s1. The van der Waals surface area contributed by atoms with Crippen LogP contribution in [0.4, 0.5) is 0 Å². The van der Waals surface area contributed by atoms with Crippen LogP contribution >= 0.6 is 0 Å². The van der Waals surface area contributed by atoms with Crippen molar-refractivity contribution in [1.82, 2.24) is 0 Å². The van der Waals surface area contributed by atoms with Crippen molar-refractivity contribution < 1.29 is 14.7 Å². The Hall–Kier alpha value is -1.68. The van der Waals surface area contributed by atoms with E-state index in [2.05, 4.69) is 0 Å². The molecule has 0 amide bonds. The first kappa shape index (κ1) is 13.7. The summed E-state index contributed by atoms with van der Waals surface area (Å²) in [6.45, 7) is 1.98. The molecule has 2 saturated carbocycles. The monoisotopic (exact) mass is 261 g/mol. The average Bonchev–Trinajstić information content (AvgIpc) is 3.02. The number of carboxylic acids is 1. The van der Waals surface area contributed by atoms with Crippen LogP contribution in [0.3, 0.4) is 0 Å². The van der Waals surface area contributed by atoms with Gasteiger partial charge in [-0.05, 0) is 24.8 Å². The van der Waals surface area contributed by atoms with E-state index in [1.807, 2.05) is 37.3 Å². The van der Waals surface area contributed by atoms with E-state index in [0.29, 0.717) is 6.42 Å². The molecule has 2 aliphatic carbocycles. The van der Waals surface area contributed by atoms with Crippen LogP contribution < -0.4 is 5.73 Å². The van der Waals surface area contributed by atoms with Crippen LogP contribution in [0.15, 0.2) is 30.3 Å². The Kier molecular flexibility index (Phi) is 4.00. The molecule has 1 aromatic carbocycles. The van der Waals surface area contributed by atoms with Gasteiger partial charge in [0.05, 0.1) is 5.92 Å². The second kappa shape index (κ2) is 5.53. The number of nitrogens with two attached hydrogens (primary N) is 1. The molecular weight excluding hydrogens is 242 g/mol. The highest BCUT2D eigenvalue weighted by Gasteiger charge is 2.61. The van der Waals surface area contributed by atoms with Crippen LogP contribution in [0.1, 0.15) is 31.4 Å². The molecule has 0 bridgehead atoms. The quantitative estimate of drug-likeness (QED) is 0.853. The summed E-state index contributed by atoms with van der Waals surface area (Å²) in [7, 11) is 0. The Balaban J connectivity index is 0.000000141. The first-order valence-electron chi connectivity index (χ1n) is 6.58. The van der Waals surface area contributed by atoms with Crippen molar-refractivity contribution in [3.05, 3.63) is 35.9 Å². The summed E-state index contributed by atoms with van der Waals surface area (Å²) in [4.78, 5) is 21.2. The third-order valence-corrected chi connectivity index (χ3v) is 3.87. The molecule has 0 aliphatic heterocycles. The van der Waals surface area contributed by atoms with Gasteiger partial charge in [-0.2, -0.15) is 0 Å². The highest BCUT2D eigenvalue weighted by atomic mass is 16.4. The molecule has 0 aromatic heterocycles. The molecule has 0 saturated heterocycles. The van der Waals surface area contributed by atoms with Crippen molar-refractivity contribution in [2.45, 2.75) is 25.8 Å². The van der Waals surface area contributed by atoms with Crippen LogP contribution in [0.25, 0.3) is 0 Å². The second-order valence-corrected chi connectivity index (χ2v) is 5.26. The first-order chi connectivity index (χ1) is 9.02. The zero-order valence-electron chi connectivity index (χ0n) is 11.0. The zero-order valence-corrected chi connectivity index (χ0v) is 11.0. The number of fused-ring (bicyclic) bond motifs is 1. The maximum absolute atomic E-state index is 10.9. The molecule has 4 nitrogen and oxygen atoms in total. The number of carboxylic acid groups (broad SMARTS) is 1. The SMILES string of the molecule is C[C@H](N)c1ccccc1.O=C(O)[C@H]1[C@@H]2CCC(=O)[C@@H]21. The molecule has 102 valence electrons. The third kappa shape index (κ3) is 3.01. The van der Waals surface area contributed by atoms with E-state index in [1.165, 1.54) is 5.56 Å². The lowest BCUT2D eigenvalue weighted by atomic mass is 10.1. The van der Waals surface area contributed by atoms with Gasteiger partial charge in [-0.15, -0.1) is 0 Å². The minimum Gasteiger partial charge on any atom is -0.481 e. The van der Waals surface area contributed by atoms with Crippen molar-refractivity contribution in [1.29, 1.82) is 0 Å². The molecular formula is C15H19NO3. The first-order valence-corrected chi connectivity index (χ1v) is 6.58. The second-order valence-electron chi connectivity index (χ2n) is 5.26. The van der Waals surface area contributed by atoms with Gasteiger partial charge in [-0.25, -0.2) is 0 Å². The summed E-state index contributed by atoms with van der Waals surface area (Å²) in [5, 5.41) is 8.52. The van der Waals surface area contributed by atoms with E-state index in [1.54, 1.807) is 0 Å². The number of carbonyl (C=O) groups excluding carboxylic acids is 1. The van der Waals surface area contributed by atoms with Gasteiger partial charge in [-0.1, -0.05) is 30.3 Å². The number of aliphatic carboxylic acids is 1. The fourth-order valence-electron chi connectivity index (χ4n) is 2.74. The van der Waals surface area contributed by atoms with Gasteiger partial charge in [0.2, 0.25) is 0 Å². The van der Waals surface area contributed by atoms with Gasteiger partial charge < -0.3 is 10.8 Å². The normalized spacial score (nSPS) is 28.9. The van der Waals surface area contributed by atoms with Crippen LogP contribution in [0.5, 0.6) is 0 Å². The molecule has 0 spiro atoms. The molecule has 0 heterocycles. The van der Waals surface area contributed by atoms with Gasteiger partial charge in [0.15, 0.2) is 0 Å². The summed E-state index contributed by atoms with van der Waals surface area (Å²) in [6.07, 6.45) is 1.42. The summed E-state index contributed by atoms with van der Waals surface area (Å²) in [5.41, 5.74) is 6.81. The Morgan fingerprint density at radius 2 is 2.00 bits per heavy atom. The minimum atomic E-state index is -0.789. The average molecular weight is 261 g/mol. The van der Waals surface area contributed by atoms with E-state index in [4.69, 9.17) is 10.8 Å². The highest BCUT2D eigenvalue weighted by Crippen LogP contribution is 2.55. The molecule has 0 radical (unpaired) electrons. The van der Waals surface area contributed by atoms with Crippen LogP contribution in [0, 0.1) is 17.8 Å². The minimum absolute atomic E-state index is 0.0995. The Morgan fingerprint density at radius 1 is 1.37 bits per heavy atom. The predicted octanol–water partition coefficient (Wildman–Crippen LogP) is 2.00. The number of carbonyl (C=O) groups is 2. The van der Waals surface area contributed by atoms with E-state index in [0.717, 1.165) is 6.42 Å². The van der Waals surface area contributed by atoms with Crippen molar-refractivity contribution >= 4 is 11.8 Å². The smallest absolute Gasteiger partial charge is 0.307 e. The summed E-state index contributed by atoms with van der Waals surface area (Å²) in [5.74, 6) is -0.843. The number of hydrogen-bond acceptors (Lipinski definition) is 3.